The topological polar surface area (TPSA) is 66.7 Å². The maximum absolute atomic E-state index is 12.2. The molecule has 3 amide bonds. The molecule has 1 aromatic heterocycles. The monoisotopic (exact) mass is 345 g/mol. The summed E-state index contributed by atoms with van der Waals surface area (Å²) in [6, 6.07) is 8.02. The van der Waals surface area contributed by atoms with Gasteiger partial charge in [0, 0.05) is 31.8 Å². The zero-order chi connectivity index (χ0) is 16.5. The second-order valence-corrected chi connectivity index (χ2v) is 7.56. The number of piperidine rings is 1. The first kappa shape index (κ1) is 15.5. The quantitative estimate of drug-likeness (QED) is 0.857. The van der Waals surface area contributed by atoms with Crippen LogP contribution in [0.15, 0.2) is 24.3 Å². The van der Waals surface area contributed by atoms with E-state index < -0.39 is 0 Å². The largest absolute Gasteiger partial charge is 0.336 e. The Morgan fingerprint density at radius 3 is 2.83 bits per heavy atom. The second-order valence-electron chi connectivity index (χ2n) is 6.50. The number of benzene rings is 1. The molecule has 2 saturated heterocycles. The third kappa shape index (κ3) is 3.01. The van der Waals surface area contributed by atoms with Crippen molar-refractivity contribution in [3.8, 4) is 0 Å². The van der Waals surface area contributed by atoms with Gasteiger partial charge in [-0.15, -0.1) is 11.3 Å². The van der Waals surface area contributed by atoms with Gasteiger partial charge in [-0.1, -0.05) is 12.1 Å². The molecule has 0 bridgehead atoms. The van der Waals surface area contributed by atoms with Crippen LogP contribution in [-0.2, 0) is 4.79 Å². The first-order chi connectivity index (χ1) is 11.7. The maximum Gasteiger partial charge on any atom is 0.324 e. The maximum atomic E-state index is 12.2. The van der Waals surface area contributed by atoms with Gasteiger partial charge in [0.1, 0.15) is 0 Å². The molecule has 0 aliphatic carbocycles. The number of thiazole rings is 1. The van der Waals surface area contributed by atoms with Crippen LogP contribution in [0.1, 0.15) is 23.8 Å². The molecule has 0 radical (unpaired) electrons. The Labute approximate surface area is 144 Å². The summed E-state index contributed by atoms with van der Waals surface area (Å²) in [6.07, 6.45) is 2.10. The van der Waals surface area contributed by atoms with Gasteiger partial charge in [0.05, 0.1) is 28.3 Å². The van der Waals surface area contributed by atoms with Crippen LogP contribution in [0.4, 0.5) is 4.79 Å². The molecule has 2 aliphatic heterocycles. The molecule has 6 nitrogen and oxygen atoms in total. The van der Waals surface area contributed by atoms with Gasteiger partial charge < -0.3 is 10.2 Å². The number of carbonyl (C=O) groups is 2. The van der Waals surface area contributed by atoms with Gasteiger partial charge in [-0.3, -0.25) is 9.69 Å². The van der Waals surface area contributed by atoms with Gasteiger partial charge in [0.25, 0.3) is 5.91 Å². The summed E-state index contributed by atoms with van der Waals surface area (Å²) in [5, 5.41) is 3.90. The minimum absolute atomic E-state index is 0.0570. The highest BCUT2D eigenvalue weighted by Crippen LogP contribution is 2.31. The Morgan fingerprint density at radius 2 is 2.12 bits per heavy atom. The van der Waals surface area contributed by atoms with Gasteiger partial charge in [0.15, 0.2) is 6.54 Å². The van der Waals surface area contributed by atoms with E-state index in [1.807, 2.05) is 6.07 Å². The van der Waals surface area contributed by atoms with Crippen LogP contribution in [0.3, 0.4) is 0 Å². The molecular weight excluding hydrogens is 324 g/mol. The molecule has 24 heavy (non-hydrogen) atoms. The molecule has 3 heterocycles. The van der Waals surface area contributed by atoms with E-state index in [2.05, 4.69) is 23.5 Å². The van der Waals surface area contributed by atoms with E-state index in [-0.39, 0.29) is 11.9 Å². The minimum atomic E-state index is -0.247. The number of likely N-dealkylation sites (tertiary alicyclic amines) is 1. The Balaban J connectivity index is 1.34. The number of imide groups is 1. The first-order valence-electron chi connectivity index (χ1n) is 8.48. The number of para-hydroxylation sites is 1. The molecule has 7 heteroatoms. The van der Waals surface area contributed by atoms with E-state index in [1.54, 1.807) is 11.3 Å². The Kier molecular flexibility index (Phi) is 4.20. The standard InChI is InChI=1S/C17H20N4O2S/c22-15(21-10-7-18-17(21)23)11-20-8-5-12(6-9-20)16-19-13-3-1-2-4-14(13)24-16/h1-4,12H,5-11H2,(H,18,23)/p+1. The number of aromatic nitrogens is 1. The van der Waals surface area contributed by atoms with Crippen molar-refractivity contribution in [3.63, 3.8) is 0 Å². The van der Waals surface area contributed by atoms with Crippen LogP contribution < -0.4 is 10.2 Å². The predicted octanol–water partition coefficient (Wildman–Crippen LogP) is 0.610. The van der Waals surface area contributed by atoms with E-state index >= 15 is 0 Å². The smallest absolute Gasteiger partial charge is 0.324 e. The minimum Gasteiger partial charge on any atom is -0.336 e. The molecule has 2 aromatic rings. The fraction of sp³-hybridized carbons (Fsp3) is 0.471. The highest BCUT2D eigenvalue weighted by molar-refractivity contribution is 7.18. The average molecular weight is 345 g/mol. The number of urea groups is 1. The van der Waals surface area contributed by atoms with Gasteiger partial charge in [-0.05, 0) is 12.1 Å². The fourth-order valence-electron chi connectivity index (χ4n) is 3.53. The summed E-state index contributed by atoms with van der Waals surface area (Å²) in [5.41, 5.74) is 1.09. The molecule has 0 unspecified atom stereocenters. The van der Waals surface area contributed by atoms with Crippen molar-refractivity contribution in [2.75, 3.05) is 32.7 Å². The Morgan fingerprint density at radius 1 is 1.33 bits per heavy atom. The van der Waals surface area contributed by atoms with Crippen molar-refractivity contribution in [1.82, 2.24) is 15.2 Å². The van der Waals surface area contributed by atoms with E-state index in [0.717, 1.165) is 31.4 Å². The zero-order valence-electron chi connectivity index (χ0n) is 13.5. The third-order valence-electron chi connectivity index (χ3n) is 4.91. The molecule has 0 atom stereocenters. The molecule has 4 rings (SSSR count). The normalized spacial score (nSPS) is 24.3. The number of nitrogens with one attached hydrogen (secondary N) is 2. The molecule has 126 valence electrons. The number of nitrogens with zero attached hydrogens (tertiary/aromatic N) is 2. The van der Waals surface area contributed by atoms with Gasteiger partial charge in [-0.25, -0.2) is 9.78 Å². The lowest BCUT2D eigenvalue weighted by atomic mass is 9.97. The average Bonchev–Trinajstić information content (AvgIpc) is 3.21. The highest BCUT2D eigenvalue weighted by Gasteiger charge is 2.31. The van der Waals surface area contributed by atoms with E-state index in [0.29, 0.717) is 25.6 Å². The van der Waals surface area contributed by atoms with Gasteiger partial charge in [0.2, 0.25) is 0 Å². The molecule has 1 aromatic carbocycles. The summed E-state index contributed by atoms with van der Waals surface area (Å²) >= 11 is 1.79. The molecular formula is C17H21N4O2S+. The lowest BCUT2D eigenvalue weighted by Gasteiger charge is -2.28. The van der Waals surface area contributed by atoms with E-state index in [4.69, 9.17) is 4.98 Å². The first-order valence-corrected chi connectivity index (χ1v) is 9.29. The number of hydrogen-bond acceptors (Lipinski definition) is 4. The Hall–Kier alpha value is -1.99. The fourth-order valence-corrected chi connectivity index (χ4v) is 4.67. The van der Waals surface area contributed by atoms with Crippen molar-refractivity contribution < 1.29 is 14.5 Å². The summed E-state index contributed by atoms with van der Waals surface area (Å²) in [5.74, 6) is 0.440. The molecule has 0 spiro atoms. The molecule has 2 fully saturated rings. The van der Waals surface area contributed by atoms with Crippen molar-refractivity contribution >= 4 is 33.5 Å². The van der Waals surface area contributed by atoms with Crippen LogP contribution in [0.5, 0.6) is 0 Å². The second kappa shape index (κ2) is 6.49. The number of rotatable bonds is 3. The number of hydrogen-bond donors (Lipinski definition) is 2. The van der Waals surface area contributed by atoms with E-state index in [1.165, 1.54) is 19.5 Å². The number of amides is 3. The van der Waals surface area contributed by atoms with Crippen LogP contribution in [0.25, 0.3) is 10.2 Å². The van der Waals surface area contributed by atoms with Gasteiger partial charge >= 0.3 is 6.03 Å². The lowest BCUT2D eigenvalue weighted by Crippen LogP contribution is -3.14. The van der Waals surface area contributed by atoms with Gasteiger partial charge in [-0.2, -0.15) is 0 Å². The summed E-state index contributed by atoms with van der Waals surface area (Å²) in [6.45, 7) is 3.41. The molecule has 0 saturated carbocycles. The zero-order valence-corrected chi connectivity index (χ0v) is 14.3. The van der Waals surface area contributed by atoms with Crippen LogP contribution >= 0.6 is 11.3 Å². The van der Waals surface area contributed by atoms with Crippen molar-refractivity contribution in [3.05, 3.63) is 29.3 Å². The number of fused-ring (bicyclic) bond motifs is 1. The summed E-state index contributed by atoms with van der Waals surface area (Å²) in [4.78, 5) is 31.2. The van der Waals surface area contributed by atoms with Crippen LogP contribution in [-0.4, -0.2) is 54.5 Å². The number of quaternary nitrogens is 1. The van der Waals surface area contributed by atoms with Crippen molar-refractivity contribution in [2.24, 2.45) is 0 Å². The van der Waals surface area contributed by atoms with E-state index in [9.17, 15) is 9.59 Å². The highest BCUT2D eigenvalue weighted by atomic mass is 32.1. The molecule has 2 aliphatic rings. The van der Waals surface area contributed by atoms with Crippen molar-refractivity contribution in [2.45, 2.75) is 18.8 Å². The third-order valence-corrected chi connectivity index (χ3v) is 6.11. The molecule has 2 N–H and O–H groups in total. The van der Waals surface area contributed by atoms with Crippen molar-refractivity contribution in [1.29, 1.82) is 0 Å². The summed E-state index contributed by atoms with van der Waals surface area (Å²) in [7, 11) is 0. The predicted molar refractivity (Wildman–Crippen MR) is 92.3 cm³/mol. The van der Waals surface area contributed by atoms with Crippen LogP contribution in [0.2, 0.25) is 0 Å². The lowest BCUT2D eigenvalue weighted by molar-refractivity contribution is -0.897. The SMILES string of the molecule is O=C(C[NH+]1CCC(c2nc3ccccc3s2)CC1)N1CCNC1=O. The number of carbonyl (C=O) groups excluding carboxylic acids is 2. The van der Waals surface area contributed by atoms with Crippen LogP contribution in [0, 0.1) is 0 Å². The summed E-state index contributed by atoms with van der Waals surface area (Å²) < 4.78 is 1.25. The Bertz CT molecular complexity index is 734.